The van der Waals surface area contributed by atoms with Crippen LogP contribution in [-0.2, 0) is 0 Å². The Kier molecular flexibility index (Phi) is 13.1. The highest BCUT2D eigenvalue weighted by Gasteiger charge is 2.19. The monoisotopic (exact) mass is 1230 g/mol. The van der Waals surface area contributed by atoms with Crippen LogP contribution in [0.1, 0.15) is 0 Å². The summed E-state index contributed by atoms with van der Waals surface area (Å²) < 4.78 is 19.7. The maximum Gasteiger partial charge on any atom is 0.569 e. The minimum Gasteiger partial charge on any atom is -0.536 e. The molecule has 0 atom stereocenters. The van der Waals surface area contributed by atoms with E-state index in [-0.39, 0.29) is 0 Å². The lowest BCUT2D eigenvalue weighted by Gasteiger charge is -2.09. The summed E-state index contributed by atoms with van der Waals surface area (Å²) >= 11 is 12.6. The van der Waals surface area contributed by atoms with Gasteiger partial charge in [-0.1, -0.05) is 184 Å². The van der Waals surface area contributed by atoms with Crippen LogP contribution in [0.25, 0.3) is 138 Å². The van der Waals surface area contributed by atoms with Gasteiger partial charge in [-0.05, 0) is 131 Å². The number of thiophene rings is 3. The molecule has 0 amide bonds. The Balaban J connectivity index is 0.000000128. The maximum atomic E-state index is 8.71. The molecule has 82 heavy (non-hydrogen) atoms. The van der Waals surface area contributed by atoms with E-state index < -0.39 is 0 Å². The molecule has 0 aliphatic rings. The molecular formula is C72H44BBr2N2O2S3. The summed E-state index contributed by atoms with van der Waals surface area (Å²) in [6.45, 7) is 0. The van der Waals surface area contributed by atoms with Crippen LogP contribution in [0.15, 0.2) is 270 Å². The number of hydrogen-bond acceptors (Lipinski definition) is 5. The van der Waals surface area contributed by atoms with Gasteiger partial charge >= 0.3 is 7.69 Å². The van der Waals surface area contributed by atoms with Gasteiger partial charge in [-0.15, -0.1) is 34.0 Å². The van der Waals surface area contributed by atoms with Gasteiger partial charge in [0.05, 0.1) is 26.8 Å². The van der Waals surface area contributed by atoms with Crippen LogP contribution in [0.5, 0.6) is 5.75 Å². The Bertz CT molecular complexity index is 5070. The van der Waals surface area contributed by atoms with Crippen molar-refractivity contribution in [3.8, 4) is 39.4 Å². The molecule has 0 bridgehead atoms. The van der Waals surface area contributed by atoms with Crippen molar-refractivity contribution in [3.05, 3.63) is 270 Å². The topological polar surface area (TPSA) is 39.3 Å². The predicted molar refractivity (Wildman–Crippen MR) is 362 cm³/mol. The van der Waals surface area contributed by atoms with Crippen molar-refractivity contribution >= 4 is 178 Å². The molecule has 17 rings (SSSR count). The van der Waals surface area contributed by atoms with E-state index in [1.165, 1.54) is 133 Å². The van der Waals surface area contributed by atoms with Gasteiger partial charge in [0.1, 0.15) is 5.75 Å². The van der Waals surface area contributed by atoms with Crippen molar-refractivity contribution in [2.24, 2.45) is 0 Å². The molecule has 1 N–H and O–H groups in total. The van der Waals surface area contributed by atoms with Gasteiger partial charge in [0, 0.05) is 97.7 Å². The number of aromatic nitrogens is 2. The molecule has 0 aliphatic carbocycles. The minimum atomic E-state index is 0.696. The van der Waals surface area contributed by atoms with Gasteiger partial charge in [0.15, 0.2) is 0 Å². The Hall–Kier alpha value is -8.32. The van der Waals surface area contributed by atoms with Crippen molar-refractivity contribution in [2.45, 2.75) is 0 Å². The van der Waals surface area contributed by atoms with E-state index >= 15 is 0 Å². The van der Waals surface area contributed by atoms with Gasteiger partial charge in [-0.2, -0.15) is 0 Å². The summed E-state index contributed by atoms with van der Waals surface area (Å²) in [4.78, 5) is 0. The molecular weight excluding hydrogens is 1190 g/mol. The van der Waals surface area contributed by atoms with Gasteiger partial charge in [0.25, 0.3) is 0 Å². The van der Waals surface area contributed by atoms with E-state index in [0.717, 1.165) is 21.3 Å². The van der Waals surface area contributed by atoms with Crippen LogP contribution in [0.2, 0.25) is 0 Å². The molecule has 5 heterocycles. The fourth-order valence-electron chi connectivity index (χ4n) is 11.9. The van der Waals surface area contributed by atoms with Crippen molar-refractivity contribution in [2.75, 3.05) is 0 Å². The van der Waals surface area contributed by atoms with Crippen LogP contribution >= 0.6 is 65.9 Å². The largest absolute Gasteiger partial charge is 0.569 e. The minimum absolute atomic E-state index is 0.696. The summed E-state index contributed by atoms with van der Waals surface area (Å²) in [6.07, 6.45) is 0. The molecule has 0 aliphatic heterocycles. The van der Waals surface area contributed by atoms with Gasteiger partial charge in [-0.25, -0.2) is 0 Å². The van der Waals surface area contributed by atoms with E-state index in [0.29, 0.717) is 5.75 Å². The molecule has 5 aromatic heterocycles. The molecule has 10 heteroatoms. The van der Waals surface area contributed by atoms with Crippen molar-refractivity contribution in [1.82, 2.24) is 9.13 Å². The normalized spacial score (nSPS) is 11.6. The van der Waals surface area contributed by atoms with E-state index in [1.54, 1.807) is 11.3 Å². The first-order valence-electron chi connectivity index (χ1n) is 26.9. The van der Waals surface area contributed by atoms with E-state index in [9.17, 15) is 0 Å². The quantitative estimate of drug-likeness (QED) is 0.169. The zero-order valence-corrected chi connectivity index (χ0v) is 49.3. The standard InChI is InChI=1S/C42H25NS2.C18H11Br2N.C12H8BO2S/c1-2-10-28(11-3-1)43-37-22-20-26(29-14-8-16-33-31-12-4-6-18-39(31)44-41(29)33)24-35(37)36-25-27(21-23-38(36)43)30-15-9-17-34-32-13-5-7-19-40(32)45-42(30)34;19-12-6-8-17-15(10-12)16-11-13(20)7-9-18(16)21(17)14-4-2-1-3-5-14;14-13-15-10-6-3-5-9-8-4-1-2-7-11(8)16-12(9)10/h1-25H;1-11H;1-7,14H. The van der Waals surface area contributed by atoms with Gasteiger partial charge < -0.3 is 18.8 Å². The third-order valence-corrected chi connectivity index (χ3v) is 20.1. The fraction of sp³-hybridized carbons (Fsp3) is 0. The lowest BCUT2D eigenvalue weighted by Crippen LogP contribution is -1.99. The number of halogens is 2. The third-order valence-electron chi connectivity index (χ3n) is 15.5. The number of benzene rings is 12. The zero-order valence-electron chi connectivity index (χ0n) is 43.6. The summed E-state index contributed by atoms with van der Waals surface area (Å²) in [5.74, 6) is 0.696. The van der Waals surface area contributed by atoms with Crippen LogP contribution < -0.4 is 4.65 Å². The zero-order chi connectivity index (χ0) is 54.8. The first-order valence-corrected chi connectivity index (χ1v) is 30.9. The lowest BCUT2D eigenvalue weighted by molar-refractivity contribution is 0.457. The summed E-state index contributed by atoms with van der Waals surface area (Å²) in [7, 11) is 0.721. The highest BCUT2D eigenvalue weighted by Crippen LogP contribution is 2.45. The van der Waals surface area contributed by atoms with Crippen LogP contribution in [0.3, 0.4) is 0 Å². The SMILES string of the molecule is Brc1ccc2c(c1)c1cc(Br)ccc1n2-c1ccccc1.O[B]Oc1cccc2c1sc1ccccc12.c1ccc(-n2c3ccc(-c4cccc5c4sc4ccccc45)cc3c3cc(-c4cccc5c4sc4ccccc45)ccc32)cc1. The highest BCUT2D eigenvalue weighted by atomic mass is 79.9. The van der Waals surface area contributed by atoms with Crippen molar-refractivity contribution < 1.29 is 9.68 Å². The third kappa shape index (κ3) is 8.81. The van der Waals surface area contributed by atoms with Gasteiger partial charge in [-0.3, -0.25) is 0 Å². The molecule has 4 nitrogen and oxygen atoms in total. The number of rotatable bonds is 6. The van der Waals surface area contributed by atoms with Crippen LogP contribution in [0.4, 0.5) is 0 Å². The van der Waals surface area contributed by atoms with E-state index in [1.807, 2.05) is 53.0 Å². The molecule has 0 saturated carbocycles. The molecule has 0 saturated heterocycles. The fourth-order valence-corrected chi connectivity index (χ4v) is 16.2. The summed E-state index contributed by atoms with van der Waals surface area (Å²) in [5.41, 5.74) is 12.3. The molecule has 1 radical (unpaired) electrons. The Morgan fingerprint density at radius 2 is 0.671 bits per heavy atom. The number of para-hydroxylation sites is 2. The second kappa shape index (κ2) is 21.2. The maximum absolute atomic E-state index is 8.71. The number of fused-ring (bicyclic) bond motifs is 15. The Morgan fingerprint density at radius 3 is 1.11 bits per heavy atom. The Morgan fingerprint density at radius 1 is 0.317 bits per heavy atom. The van der Waals surface area contributed by atoms with Crippen molar-refractivity contribution in [1.29, 1.82) is 0 Å². The Labute approximate surface area is 501 Å². The first kappa shape index (κ1) is 50.6. The number of hydrogen-bond donors (Lipinski definition) is 1. The van der Waals surface area contributed by atoms with Crippen LogP contribution in [-0.4, -0.2) is 21.8 Å². The molecule has 12 aromatic carbocycles. The van der Waals surface area contributed by atoms with E-state index in [4.69, 9.17) is 9.68 Å². The lowest BCUT2D eigenvalue weighted by atomic mass is 9.98. The van der Waals surface area contributed by atoms with Gasteiger partial charge in [0.2, 0.25) is 0 Å². The molecule has 0 fully saturated rings. The first-order chi connectivity index (χ1) is 40.5. The second-order valence-electron chi connectivity index (χ2n) is 20.1. The average molecular weight is 1240 g/mol. The average Bonchev–Trinajstić information content (AvgIpc) is 4.45. The number of nitrogens with zero attached hydrogens (tertiary/aromatic N) is 2. The smallest absolute Gasteiger partial charge is 0.536 e. The van der Waals surface area contributed by atoms with E-state index in [2.05, 4.69) is 272 Å². The highest BCUT2D eigenvalue weighted by molar-refractivity contribution is 9.10. The van der Waals surface area contributed by atoms with Crippen molar-refractivity contribution in [3.63, 3.8) is 0 Å². The molecule has 0 spiro atoms. The van der Waals surface area contributed by atoms with Crippen LogP contribution in [0, 0.1) is 0 Å². The molecule has 17 aromatic rings. The second-order valence-corrected chi connectivity index (χ2v) is 25.1. The molecule has 389 valence electrons. The summed E-state index contributed by atoms with van der Waals surface area (Å²) in [6, 6.07) is 93.3. The predicted octanol–water partition coefficient (Wildman–Crippen LogP) is 22.1. The summed E-state index contributed by atoms with van der Waals surface area (Å²) in [5, 5.41) is 21.5. The molecule has 0 unspecified atom stereocenters.